The van der Waals surface area contributed by atoms with E-state index in [1.54, 1.807) is 42.3 Å². The summed E-state index contributed by atoms with van der Waals surface area (Å²) >= 11 is 0. The fourth-order valence-corrected chi connectivity index (χ4v) is 1.42. The molecule has 6 nitrogen and oxygen atoms in total. The molecule has 0 unspecified atom stereocenters. The van der Waals surface area contributed by atoms with Crippen LogP contribution in [0.2, 0.25) is 0 Å². The highest BCUT2D eigenvalue weighted by Crippen LogP contribution is 2.05. The molecule has 0 saturated carbocycles. The molecule has 0 spiro atoms. The van der Waals surface area contributed by atoms with E-state index < -0.39 is 0 Å². The van der Waals surface area contributed by atoms with Gasteiger partial charge < -0.3 is 10.4 Å². The molecule has 0 bridgehead atoms. The molecular formula is C12H14N4O2. The van der Waals surface area contributed by atoms with E-state index in [2.05, 4.69) is 15.3 Å². The quantitative estimate of drug-likeness (QED) is 0.817. The van der Waals surface area contributed by atoms with Gasteiger partial charge in [-0.05, 0) is 19.1 Å². The first kappa shape index (κ1) is 12.3. The number of aliphatic hydroxyl groups excluding tert-OH is 1. The summed E-state index contributed by atoms with van der Waals surface area (Å²) in [6.07, 6.45) is 6.56. The number of hydrogen-bond donors (Lipinski definition) is 2. The molecule has 18 heavy (non-hydrogen) atoms. The van der Waals surface area contributed by atoms with Crippen LogP contribution in [0, 0.1) is 0 Å². The van der Waals surface area contributed by atoms with Crippen LogP contribution in [-0.4, -0.2) is 38.2 Å². The van der Waals surface area contributed by atoms with Crippen LogP contribution >= 0.6 is 0 Å². The molecule has 0 fully saturated rings. The van der Waals surface area contributed by atoms with Crippen LogP contribution in [0.5, 0.6) is 0 Å². The molecule has 0 aromatic carbocycles. The molecule has 1 atom stereocenters. The van der Waals surface area contributed by atoms with Gasteiger partial charge in [0, 0.05) is 24.6 Å². The van der Waals surface area contributed by atoms with E-state index in [4.69, 9.17) is 5.11 Å². The maximum atomic E-state index is 11.7. The van der Waals surface area contributed by atoms with Crippen molar-refractivity contribution >= 4 is 5.91 Å². The Hall–Kier alpha value is -2.21. The molecule has 2 heterocycles. The second-order valence-corrected chi connectivity index (χ2v) is 3.93. The normalized spacial score (nSPS) is 12.1. The molecule has 2 N–H and O–H groups in total. The lowest BCUT2D eigenvalue weighted by Gasteiger charge is -2.10. The minimum Gasteiger partial charge on any atom is -0.394 e. The first-order chi connectivity index (χ1) is 8.70. The van der Waals surface area contributed by atoms with Crippen molar-refractivity contribution in [2.45, 2.75) is 13.0 Å². The van der Waals surface area contributed by atoms with E-state index >= 15 is 0 Å². The van der Waals surface area contributed by atoms with Crippen molar-refractivity contribution in [3.63, 3.8) is 0 Å². The number of nitrogens with one attached hydrogen (secondary N) is 1. The van der Waals surface area contributed by atoms with Crippen molar-refractivity contribution in [1.29, 1.82) is 0 Å². The molecule has 0 radical (unpaired) electrons. The number of rotatable bonds is 4. The Morgan fingerprint density at radius 1 is 1.56 bits per heavy atom. The third kappa shape index (κ3) is 2.72. The molecule has 6 heteroatoms. The van der Waals surface area contributed by atoms with E-state index in [0.29, 0.717) is 11.4 Å². The highest BCUT2D eigenvalue weighted by molar-refractivity contribution is 5.94. The van der Waals surface area contributed by atoms with E-state index in [1.807, 2.05) is 0 Å². The van der Waals surface area contributed by atoms with Crippen molar-refractivity contribution < 1.29 is 9.90 Å². The third-order valence-electron chi connectivity index (χ3n) is 2.43. The highest BCUT2D eigenvalue weighted by atomic mass is 16.3. The zero-order chi connectivity index (χ0) is 13.0. The maximum Gasteiger partial charge on any atom is 0.253 e. The largest absolute Gasteiger partial charge is 0.394 e. The monoisotopic (exact) mass is 246 g/mol. The van der Waals surface area contributed by atoms with Gasteiger partial charge in [0.15, 0.2) is 0 Å². The number of carbonyl (C=O) groups is 1. The molecule has 2 rings (SSSR count). The molecular weight excluding hydrogens is 232 g/mol. The summed E-state index contributed by atoms with van der Waals surface area (Å²) in [6, 6.07) is 3.15. The number of pyridine rings is 1. The standard InChI is InChI=1S/C12H14N4O2/c1-9(7-17)15-12(18)10-2-3-11(14-6-10)16-5-4-13-8-16/h2-6,8-9,17H,7H2,1H3,(H,15,18)/t9-/m0/s1. The van der Waals surface area contributed by atoms with Gasteiger partial charge in [0.2, 0.25) is 0 Å². The summed E-state index contributed by atoms with van der Waals surface area (Å²) in [5.41, 5.74) is 0.458. The number of aromatic nitrogens is 3. The van der Waals surface area contributed by atoms with E-state index in [9.17, 15) is 4.79 Å². The molecule has 0 saturated heterocycles. The van der Waals surface area contributed by atoms with Crippen molar-refractivity contribution in [2.75, 3.05) is 6.61 Å². The number of amides is 1. The summed E-state index contributed by atoms with van der Waals surface area (Å²) in [6.45, 7) is 1.64. The number of imidazole rings is 1. The van der Waals surface area contributed by atoms with Crippen LogP contribution in [0.25, 0.3) is 5.82 Å². The van der Waals surface area contributed by atoms with Crippen LogP contribution in [-0.2, 0) is 0 Å². The summed E-state index contributed by atoms with van der Waals surface area (Å²) in [5, 5.41) is 11.5. The van der Waals surface area contributed by atoms with Crippen molar-refractivity contribution in [3.8, 4) is 5.82 Å². The lowest BCUT2D eigenvalue weighted by Crippen LogP contribution is -2.35. The van der Waals surface area contributed by atoms with Gasteiger partial charge in [0.1, 0.15) is 12.1 Å². The first-order valence-corrected chi connectivity index (χ1v) is 5.57. The lowest BCUT2D eigenvalue weighted by molar-refractivity contribution is 0.0922. The average molecular weight is 246 g/mol. The predicted molar refractivity (Wildman–Crippen MR) is 65.4 cm³/mol. The van der Waals surface area contributed by atoms with E-state index in [0.717, 1.165) is 0 Å². The third-order valence-corrected chi connectivity index (χ3v) is 2.43. The average Bonchev–Trinajstić information content (AvgIpc) is 2.92. The summed E-state index contributed by atoms with van der Waals surface area (Å²) in [7, 11) is 0. The number of aliphatic hydroxyl groups is 1. The molecule has 0 aliphatic heterocycles. The Bertz CT molecular complexity index is 507. The van der Waals surface area contributed by atoms with Crippen molar-refractivity contribution in [1.82, 2.24) is 19.9 Å². The first-order valence-electron chi connectivity index (χ1n) is 5.57. The van der Waals surface area contributed by atoms with Gasteiger partial charge in [-0.1, -0.05) is 0 Å². The van der Waals surface area contributed by atoms with Crippen LogP contribution in [0.4, 0.5) is 0 Å². The van der Waals surface area contributed by atoms with Crippen LogP contribution in [0.3, 0.4) is 0 Å². The fraction of sp³-hybridized carbons (Fsp3) is 0.250. The van der Waals surface area contributed by atoms with Gasteiger partial charge in [-0.15, -0.1) is 0 Å². The molecule has 94 valence electrons. The van der Waals surface area contributed by atoms with E-state index in [1.165, 1.54) is 6.20 Å². The molecule has 2 aromatic rings. The van der Waals surface area contributed by atoms with E-state index in [-0.39, 0.29) is 18.6 Å². The Morgan fingerprint density at radius 3 is 2.94 bits per heavy atom. The van der Waals surface area contributed by atoms with Crippen molar-refractivity contribution in [3.05, 3.63) is 42.6 Å². The summed E-state index contributed by atoms with van der Waals surface area (Å²) in [5.74, 6) is 0.445. The van der Waals surface area contributed by atoms with Crippen LogP contribution in [0.1, 0.15) is 17.3 Å². The zero-order valence-corrected chi connectivity index (χ0v) is 9.95. The maximum absolute atomic E-state index is 11.7. The number of nitrogens with zero attached hydrogens (tertiary/aromatic N) is 3. The van der Waals surface area contributed by atoms with Crippen LogP contribution in [0.15, 0.2) is 37.1 Å². The lowest BCUT2D eigenvalue weighted by atomic mass is 10.2. The Balaban J connectivity index is 2.10. The van der Waals surface area contributed by atoms with Gasteiger partial charge in [-0.2, -0.15) is 0 Å². The minimum atomic E-state index is -0.272. The fourth-order valence-electron chi connectivity index (χ4n) is 1.42. The van der Waals surface area contributed by atoms with Gasteiger partial charge in [-0.3, -0.25) is 9.36 Å². The Kier molecular flexibility index (Phi) is 3.69. The summed E-state index contributed by atoms with van der Waals surface area (Å²) in [4.78, 5) is 19.8. The zero-order valence-electron chi connectivity index (χ0n) is 9.95. The Labute approximate surface area is 104 Å². The molecule has 1 amide bonds. The Morgan fingerprint density at radius 2 is 2.39 bits per heavy atom. The van der Waals surface area contributed by atoms with Crippen molar-refractivity contribution in [2.24, 2.45) is 0 Å². The molecule has 0 aliphatic rings. The number of carbonyl (C=O) groups excluding carboxylic acids is 1. The highest BCUT2D eigenvalue weighted by Gasteiger charge is 2.09. The van der Waals surface area contributed by atoms with Gasteiger partial charge >= 0.3 is 0 Å². The smallest absolute Gasteiger partial charge is 0.253 e. The predicted octanol–water partition coefficient (Wildman–Crippen LogP) is 0.378. The topological polar surface area (TPSA) is 80.0 Å². The van der Waals surface area contributed by atoms with Crippen LogP contribution < -0.4 is 5.32 Å². The number of hydrogen-bond acceptors (Lipinski definition) is 4. The van der Waals surface area contributed by atoms with Gasteiger partial charge in [0.05, 0.1) is 12.2 Å². The van der Waals surface area contributed by atoms with Gasteiger partial charge in [0.25, 0.3) is 5.91 Å². The summed E-state index contributed by atoms with van der Waals surface area (Å²) < 4.78 is 1.75. The minimum absolute atomic E-state index is 0.0910. The van der Waals surface area contributed by atoms with Gasteiger partial charge in [-0.25, -0.2) is 9.97 Å². The second-order valence-electron chi connectivity index (χ2n) is 3.93. The molecule has 0 aliphatic carbocycles. The molecule has 2 aromatic heterocycles. The second kappa shape index (κ2) is 5.42. The SMILES string of the molecule is C[C@@H](CO)NC(=O)c1ccc(-n2ccnc2)nc1.